The van der Waals surface area contributed by atoms with Crippen LogP contribution in [0.1, 0.15) is 116 Å². The molecule has 0 spiro atoms. The number of phenolic OH excluding ortho intramolecular Hbond substituents is 2. The number of aromatic nitrogens is 4. The number of aliphatic hydroxyl groups is 6. The summed E-state index contributed by atoms with van der Waals surface area (Å²) in [4.78, 5) is 132. The number of nitrogen functional groups attached to an aromatic ring is 1. The number of anilines is 2. The number of nitro benzene ring substituents is 1. The fourth-order valence-corrected chi connectivity index (χ4v) is 13.3. The number of rotatable bonds is 35. The summed E-state index contributed by atoms with van der Waals surface area (Å²) >= 11 is 0. The number of ketones is 3. The number of carboxylic acids is 1. The number of Topliss-reactive ketones (excluding diaryl/α,β-unsaturated/α-hetero) is 1. The summed E-state index contributed by atoms with van der Waals surface area (Å²) in [6.07, 6.45) is -15.4. The van der Waals surface area contributed by atoms with Crippen LogP contribution in [-0.4, -0.2) is 251 Å². The number of fused-ring (bicyclic) bond motifs is 4. The van der Waals surface area contributed by atoms with E-state index in [1.54, 1.807) is 23.3 Å². The van der Waals surface area contributed by atoms with Crippen LogP contribution in [0.3, 0.4) is 0 Å². The van der Waals surface area contributed by atoms with Crippen LogP contribution in [-0.2, 0) is 60.5 Å². The molecule has 18 N–H and O–H groups in total. The zero-order valence-electron chi connectivity index (χ0n) is 60.0. The number of hydrogen-bond acceptors (Lipinski definition) is 35. The summed E-state index contributed by atoms with van der Waals surface area (Å²) in [6.45, 7) is 1.06. The summed E-state index contributed by atoms with van der Waals surface area (Å²) in [6, 6.07) is 11.1. The summed E-state index contributed by atoms with van der Waals surface area (Å²) in [5, 5.41) is 122. The first kappa shape index (κ1) is 81.8. The van der Waals surface area contributed by atoms with Gasteiger partial charge in [-0.2, -0.15) is 4.98 Å². The van der Waals surface area contributed by atoms with Crippen LogP contribution in [0, 0.1) is 16.0 Å². The maximum atomic E-state index is 14.3. The van der Waals surface area contributed by atoms with Crippen LogP contribution in [0.25, 0.3) is 11.2 Å². The average molecular weight is 1570 g/mol. The first-order valence-electron chi connectivity index (χ1n) is 35.3. The van der Waals surface area contributed by atoms with Crippen molar-refractivity contribution in [2.24, 2.45) is 5.92 Å². The highest BCUT2D eigenvalue weighted by molar-refractivity contribution is 6.31. The molecule has 2 fully saturated rings. The third-order valence-corrected chi connectivity index (χ3v) is 19.1. The first-order chi connectivity index (χ1) is 53.7. The highest BCUT2D eigenvalue weighted by atomic mass is 16.7. The lowest BCUT2D eigenvalue weighted by Gasteiger charge is -2.41. The van der Waals surface area contributed by atoms with E-state index in [9.17, 15) is 94.4 Å². The number of hydrogen-bond donors (Lipinski definition) is 17. The number of carbonyl (C=O) groups excluding carboxylic acids is 6. The van der Waals surface area contributed by atoms with Crippen molar-refractivity contribution in [1.82, 2.24) is 51.9 Å². The second kappa shape index (κ2) is 36.8. The molecule has 2 aromatic heterocycles. The molecule has 7 unspecified atom stereocenters. The number of amides is 3. The number of carbonyl (C=O) groups is 7. The van der Waals surface area contributed by atoms with Gasteiger partial charge in [-0.05, 0) is 68.1 Å². The van der Waals surface area contributed by atoms with E-state index >= 15 is 0 Å². The molecule has 112 heavy (non-hydrogen) atoms. The number of nitrogens with two attached hydrogens (primary N) is 1. The van der Waals surface area contributed by atoms with E-state index in [1.165, 1.54) is 56.6 Å². The Bertz CT molecular complexity index is 4590. The van der Waals surface area contributed by atoms with E-state index in [1.807, 2.05) is 0 Å². The second-order valence-corrected chi connectivity index (χ2v) is 26.5. The van der Waals surface area contributed by atoms with Crippen molar-refractivity contribution in [3.8, 4) is 23.0 Å². The molecule has 0 radical (unpaired) electrons. The second-order valence-electron chi connectivity index (χ2n) is 26.5. The van der Waals surface area contributed by atoms with Crippen molar-refractivity contribution in [3.05, 3.63) is 149 Å². The number of aliphatic carboxylic acids is 1. The SMILES string of the molecule is COc1cccc2c1C(=O)c1c(O)c3c(c(O)c1C2=O)CC(C(=O)CO)C[C@@H]3OC1CC(NC(=O)O[C@H](CC2=CN(CCOCCOCCOCCNC(=O)CC[C@H](NC(=O)c3ccc(NCc4cnc5nc(N)[nH]c(=O)c5n4)cc3)C(=O)O)NN2)c2ccc(O[C@@H]3OC(CO)[C@H](O)[C@H](O)C3O)c([N+](=O)[O-])c2)C(O)C(C)O1. The number of nitro groups is 1. The maximum Gasteiger partial charge on any atom is 0.408 e. The Morgan fingerprint density at radius 1 is 0.848 bits per heavy atom. The maximum absolute atomic E-state index is 14.3. The molecule has 5 aliphatic rings. The van der Waals surface area contributed by atoms with E-state index in [-0.39, 0.29) is 154 Å². The number of aromatic hydroxyl groups is 2. The van der Waals surface area contributed by atoms with Crippen LogP contribution >= 0.6 is 0 Å². The molecule has 41 heteroatoms. The van der Waals surface area contributed by atoms with Gasteiger partial charge in [0.15, 0.2) is 34.8 Å². The molecule has 2 saturated heterocycles. The number of ether oxygens (including phenoxy) is 9. The van der Waals surface area contributed by atoms with Gasteiger partial charge in [-0.1, -0.05) is 18.2 Å². The first-order valence-corrected chi connectivity index (χ1v) is 35.3. The topological polar surface area (TPSA) is 601 Å². The molecular weight excluding hydrogens is 1480 g/mol. The molecule has 3 aliphatic heterocycles. The van der Waals surface area contributed by atoms with Gasteiger partial charge >= 0.3 is 17.7 Å². The van der Waals surface area contributed by atoms with Crippen LogP contribution < -0.4 is 53.0 Å². The van der Waals surface area contributed by atoms with Crippen LogP contribution in [0.4, 0.5) is 22.1 Å². The minimum atomic E-state index is -1.95. The van der Waals surface area contributed by atoms with Gasteiger partial charge in [0.2, 0.25) is 23.9 Å². The number of phenols is 2. The average Bonchev–Trinajstić information content (AvgIpc) is 0.776. The lowest BCUT2D eigenvalue weighted by atomic mass is 9.73. The Hall–Kier alpha value is -11.2. The number of nitrogens with one attached hydrogen (secondary N) is 7. The molecule has 2 aliphatic carbocycles. The fraction of sp³-hybridized carbons (Fsp3) is 0.451. The number of H-pyrrole nitrogens is 1. The third kappa shape index (κ3) is 19.0. The molecule has 0 saturated carbocycles. The monoisotopic (exact) mass is 1570 g/mol. The number of methoxy groups -OCH3 is 1. The minimum absolute atomic E-state index is 0.0120. The Morgan fingerprint density at radius 3 is 2.29 bits per heavy atom. The molecule has 5 heterocycles. The molecular formula is C71H83N13O28. The lowest BCUT2D eigenvalue weighted by molar-refractivity contribution is -0.387. The highest BCUT2D eigenvalue weighted by Crippen LogP contribution is 2.52. The largest absolute Gasteiger partial charge is 0.507 e. The van der Waals surface area contributed by atoms with Crippen LogP contribution in [0.5, 0.6) is 23.0 Å². The number of carboxylic acid groups (broad SMARTS) is 1. The van der Waals surface area contributed by atoms with Crippen LogP contribution in [0.2, 0.25) is 0 Å². The van der Waals surface area contributed by atoms with Gasteiger partial charge in [0.1, 0.15) is 66.5 Å². The van der Waals surface area contributed by atoms with Crippen molar-refractivity contribution < 1.29 is 127 Å². The number of aromatic amines is 1. The predicted octanol–water partition coefficient (Wildman–Crippen LogP) is -0.911. The Morgan fingerprint density at radius 2 is 1.58 bits per heavy atom. The van der Waals surface area contributed by atoms with Gasteiger partial charge in [-0.25, -0.2) is 19.6 Å². The van der Waals surface area contributed by atoms with Crippen molar-refractivity contribution in [1.29, 1.82) is 0 Å². The van der Waals surface area contributed by atoms with E-state index in [0.717, 1.165) is 12.1 Å². The molecule has 6 aromatic rings. The fourth-order valence-electron chi connectivity index (χ4n) is 13.3. The summed E-state index contributed by atoms with van der Waals surface area (Å²) < 4.78 is 51.9. The van der Waals surface area contributed by atoms with E-state index < -0.39 is 178 Å². The molecule has 13 atom stereocenters. The van der Waals surface area contributed by atoms with Gasteiger partial charge < -0.3 is 121 Å². The number of aliphatic hydroxyl groups excluding tert-OH is 6. The van der Waals surface area contributed by atoms with Crippen molar-refractivity contribution in [2.75, 3.05) is 84.1 Å². The number of alkyl carbamates (subject to hydrolysis) is 1. The summed E-state index contributed by atoms with van der Waals surface area (Å²) in [5.41, 5.74) is 10.1. The number of hydrazine groups is 2. The molecule has 11 rings (SSSR count). The normalized spacial score (nSPS) is 22.4. The Labute approximate surface area is 634 Å². The minimum Gasteiger partial charge on any atom is -0.507 e. The van der Waals surface area contributed by atoms with E-state index in [2.05, 4.69) is 52.2 Å². The van der Waals surface area contributed by atoms with E-state index in [4.69, 9.17) is 48.4 Å². The molecule has 600 valence electrons. The smallest absolute Gasteiger partial charge is 0.408 e. The quantitative estimate of drug-likeness (QED) is 0.00989. The Kier molecular flexibility index (Phi) is 26.8. The third-order valence-electron chi connectivity index (χ3n) is 19.1. The van der Waals surface area contributed by atoms with Crippen molar-refractivity contribution in [3.63, 3.8) is 0 Å². The molecule has 4 aromatic carbocycles. The summed E-state index contributed by atoms with van der Waals surface area (Å²) in [5.74, 6) is -7.94. The van der Waals surface area contributed by atoms with Gasteiger partial charge in [-0.3, -0.25) is 48.9 Å². The van der Waals surface area contributed by atoms with E-state index in [0.29, 0.717) is 17.1 Å². The van der Waals surface area contributed by atoms with Crippen molar-refractivity contribution in [2.45, 2.75) is 125 Å². The number of benzene rings is 4. The standard InChI is InChI=1S/C71H83N13O28/c1-32-57(89)42(26-51(108-32)109-48-24-35(44(87)30-85)22-40-53(48)62(94)55-54(59(40)91)58(90)39-4-3-5-46(104-2)52(39)61(55)93)78-71(101)112-47(34-8-12-45(43(23-34)84(102)103)110-69-64(96)63(95)60(92)49(31-86)111-69)25-37-29-83(82-81-37)15-17-106-19-21-107-20-18-105-16-14-73-50(88)13-11-41(68(99)100)77-66(97)33-6-9-36(10-7-33)74-27-38-28-75-65-56(76-38)67(98)80-70(72)79-65/h3-10,12,23,28-29,32,35,41-42,47-49,51,57,60,63-64,69,74,81-82,85-86,89,91-92,94-96H,11,13-22,24-27,30-31H2,1-2H3,(H,73,88)(H,77,97)(H,78,101)(H,99,100)(H3,72,75,79,80,98)/t32?,35?,41-,42?,47+,48-,49?,51?,57?,60-,63-,64?,69+/m0/s1. The van der Waals surface area contributed by atoms with Crippen LogP contribution in [0.15, 0.2) is 83.6 Å². The predicted molar refractivity (Wildman–Crippen MR) is 381 cm³/mol. The lowest BCUT2D eigenvalue weighted by Crippen LogP contribution is -2.60. The molecule has 3 amide bonds. The van der Waals surface area contributed by atoms with Crippen molar-refractivity contribution >= 4 is 69.7 Å². The van der Waals surface area contributed by atoms with Gasteiger partial charge in [0.05, 0.1) is 118 Å². The molecule has 0 bridgehead atoms. The molecule has 41 nitrogen and oxygen atoms in total. The van der Waals surface area contributed by atoms with Gasteiger partial charge in [0, 0.05) is 77.6 Å². The number of nitrogens with zero attached hydrogens (tertiary/aromatic N) is 5. The van der Waals surface area contributed by atoms with Gasteiger partial charge in [-0.15, -0.1) is 5.53 Å². The Balaban J connectivity index is 0.650. The zero-order valence-corrected chi connectivity index (χ0v) is 60.0. The zero-order chi connectivity index (χ0) is 80.2. The summed E-state index contributed by atoms with van der Waals surface area (Å²) in [7, 11) is 1.28. The van der Waals surface area contributed by atoms with Gasteiger partial charge in [0.25, 0.3) is 11.5 Å². The highest BCUT2D eigenvalue weighted by Gasteiger charge is 2.48.